The second-order valence-corrected chi connectivity index (χ2v) is 4.67. The summed E-state index contributed by atoms with van der Waals surface area (Å²) in [5.74, 6) is -0.0844. The van der Waals surface area contributed by atoms with Gasteiger partial charge in [0.25, 0.3) is 5.91 Å². The van der Waals surface area contributed by atoms with Gasteiger partial charge >= 0.3 is 0 Å². The van der Waals surface area contributed by atoms with Crippen LogP contribution in [0.25, 0.3) is 0 Å². The van der Waals surface area contributed by atoms with Gasteiger partial charge in [-0.15, -0.1) is 0 Å². The zero-order valence-electron chi connectivity index (χ0n) is 10.1. The Kier molecular flexibility index (Phi) is 2.98. The molecular weight excluding hydrogens is 232 g/mol. The lowest BCUT2D eigenvalue weighted by atomic mass is 10.2. The molecule has 1 heterocycles. The molecule has 1 aromatic rings. The molecule has 0 atom stereocenters. The summed E-state index contributed by atoms with van der Waals surface area (Å²) in [5, 5.41) is 3.39. The van der Waals surface area contributed by atoms with Gasteiger partial charge in [-0.25, -0.2) is 0 Å². The Morgan fingerprint density at radius 2 is 1.82 bits per heavy atom. The van der Waals surface area contributed by atoms with E-state index in [4.69, 9.17) is 12.2 Å². The Morgan fingerprint density at radius 3 is 2.29 bits per heavy atom. The summed E-state index contributed by atoms with van der Waals surface area (Å²) >= 11 is 5.19. The average molecular weight is 246 g/mol. The second kappa shape index (κ2) is 4.30. The van der Waals surface area contributed by atoms with Crippen molar-refractivity contribution in [3.8, 4) is 0 Å². The summed E-state index contributed by atoms with van der Waals surface area (Å²) < 4.78 is 0. The van der Waals surface area contributed by atoms with Gasteiger partial charge in [-0.05, 0) is 50.7 Å². The number of thiocarbonyl (C=S) groups is 1. The Labute approximate surface area is 106 Å². The van der Waals surface area contributed by atoms with Gasteiger partial charge in [0.1, 0.15) is 5.70 Å². The molecule has 1 aliphatic heterocycles. The minimum Gasteiger partial charge on any atom is -0.327 e. The van der Waals surface area contributed by atoms with E-state index >= 15 is 0 Å². The predicted molar refractivity (Wildman–Crippen MR) is 72.8 cm³/mol. The van der Waals surface area contributed by atoms with E-state index in [1.54, 1.807) is 0 Å². The van der Waals surface area contributed by atoms with Crippen molar-refractivity contribution in [3.05, 3.63) is 41.1 Å². The zero-order chi connectivity index (χ0) is 12.6. The molecule has 17 heavy (non-hydrogen) atoms. The molecule has 4 heteroatoms. The van der Waals surface area contributed by atoms with Crippen molar-refractivity contribution in [3.63, 3.8) is 0 Å². The Balaban J connectivity index is 2.41. The molecule has 1 saturated heterocycles. The fourth-order valence-electron chi connectivity index (χ4n) is 1.69. The summed E-state index contributed by atoms with van der Waals surface area (Å²) in [6.07, 6.45) is 0. The van der Waals surface area contributed by atoms with Crippen LogP contribution in [0, 0.1) is 6.92 Å². The summed E-state index contributed by atoms with van der Waals surface area (Å²) in [7, 11) is 0. The van der Waals surface area contributed by atoms with Gasteiger partial charge in [0.05, 0.1) is 5.69 Å². The summed E-state index contributed by atoms with van der Waals surface area (Å²) in [6.45, 7) is 5.79. The minimum absolute atomic E-state index is 0.0844. The van der Waals surface area contributed by atoms with Crippen LogP contribution >= 0.6 is 12.2 Å². The van der Waals surface area contributed by atoms with E-state index in [0.717, 1.165) is 16.8 Å². The maximum absolute atomic E-state index is 12.2. The first-order valence-corrected chi connectivity index (χ1v) is 5.81. The van der Waals surface area contributed by atoms with Crippen molar-refractivity contribution in [2.24, 2.45) is 0 Å². The molecule has 0 spiro atoms. The average Bonchev–Trinajstić information content (AvgIpc) is 2.56. The third kappa shape index (κ3) is 2.08. The highest BCUT2D eigenvalue weighted by molar-refractivity contribution is 7.80. The second-order valence-electron chi connectivity index (χ2n) is 4.28. The minimum atomic E-state index is -0.0844. The van der Waals surface area contributed by atoms with E-state index in [-0.39, 0.29) is 5.91 Å². The number of anilines is 1. The maximum Gasteiger partial charge on any atom is 0.281 e. The van der Waals surface area contributed by atoms with Crippen LogP contribution in [0.5, 0.6) is 0 Å². The molecule has 3 nitrogen and oxygen atoms in total. The molecule has 0 radical (unpaired) electrons. The van der Waals surface area contributed by atoms with Crippen LogP contribution in [0.4, 0.5) is 5.69 Å². The SMILES string of the molecule is CC(C)=C1NC(=S)N(c2ccc(C)cc2)C1=O. The molecule has 0 unspecified atom stereocenters. The monoisotopic (exact) mass is 246 g/mol. The molecule has 0 bridgehead atoms. The molecule has 1 N–H and O–H groups in total. The highest BCUT2D eigenvalue weighted by Crippen LogP contribution is 2.22. The third-order valence-electron chi connectivity index (χ3n) is 2.64. The van der Waals surface area contributed by atoms with Crippen molar-refractivity contribution < 1.29 is 4.79 Å². The van der Waals surface area contributed by atoms with Crippen LogP contribution in [0.3, 0.4) is 0 Å². The molecule has 1 fully saturated rings. The fraction of sp³-hybridized carbons (Fsp3) is 0.231. The quantitative estimate of drug-likeness (QED) is 0.610. The van der Waals surface area contributed by atoms with E-state index in [1.807, 2.05) is 45.0 Å². The molecule has 88 valence electrons. The lowest BCUT2D eigenvalue weighted by Crippen LogP contribution is -2.30. The lowest BCUT2D eigenvalue weighted by molar-refractivity contribution is -0.113. The van der Waals surface area contributed by atoms with E-state index in [2.05, 4.69) is 5.32 Å². The van der Waals surface area contributed by atoms with E-state index in [9.17, 15) is 4.79 Å². The van der Waals surface area contributed by atoms with Crippen molar-refractivity contribution in [1.82, 2.24) is 5.32 Å². The van der Waals surface area contributed by atoms with Gasteiger partial charge in [0.2, 0.25) is 0 Å². The van der Waals surface area contributed by atoms with Crippen molar-refractivity contribution in [1.29, 1.82) is 0 Å². The Morgan fingerprint density at radius 1 is 1.24 bits per heavy atom. The number of carbonyl (C=O) groups is 1. The molecule has 0 saturated carbocycles. The normalized spacial score (nSPS) is 15.2. The number of carbonyl (C=O) groups excluding carboxylic acids is 1. The van der Waals surface area contributed by atoms with Gasteiger partial charge in [-0.1, -0.05) is 17.7 Å². The standard InChI is InChI=1S/C13H14N2OS/c1-8(2)11-12(16)15(13(17)14-11)10-6-4-9(3)5-7-10/h4-7H,1-3H3,(H,14,17). The number of nitrogens with one attached hydrogen (secondary N) is 1. The Bertz CT molecular complexity index is 513. The number of nitrogens with zero attached hydrogens (tertiary/aromatic N) is 1. The van der Waals surface area contributed by atoms with E-state index in [0.29, 0.717) is 10.8 Å². The fourth-order valence-corrected chi connectivity index (χ4v) is 1.98. The zero-order valence-corrected chi connectivity index (χ0v) is 10.9. The largest absolute Gasteiger partial charge is 0.327 e. The number of aryl methyl sites for hydroxylation is 1. The summed E-state index contributed by atoms with van der Waals surface area (Å²) in [6, 6.07) is 7.72. The van der Waals surface area contributed by atoms with Gasteiger partial charge < -0.3 is 5.32 Å². The number of allylic oxidation sites excluding steroid dienone is 1. The molecule has 2 rings (SSSR count). The van der Waals surface area contributed by atoms with Crippen LogP contribution in [-0.4, -0.2) is 11.0 Å². The first-order valence-electron chi connectivity index (χ1n) is 5.40. The number of rotatable bonds is 1. The molecule has 0 aromatic heterocycles. The van der Waals surface area contributed by atoms with Gasteiger partial charge in [0, 0.05) is 0 Å². The number of hydrogen-bond donors (Lipinski definition) is 1. The molecule has 1 amide bonds. The molecule has 0 aliphatic carbocycles. The molecule has 1 aromatic carbocycles. The van der Waals surface area contributed by atoms with E-state index < -0.39 is 0 Å². The van der Waals surface area contributed by atoms with Crippen LogP contribution < -0.4 is 10.2 Å². The van der Waals surface area contributed by atoms with Crippen LogP contribution in [0.2, 0.25) is 0 Å². The van der Waals surface area contributed by atoms with Crippen LogP contribution in [-0.2, 0) is 4.79 Å². The first kappa shape index (κ1) is 11.8. The Hall–Kier alpha value is -1.68. The number of benzene rings is 1. The van der Waals surface area contributed by atoms with Crippen LogP contribution in [0.1, 0.15) is 19.4 Å². The van der Waals surface area contributed by atoms with Gasteiger partial charge in [-0.2, -0.15) is 0 Å². The van der Waals surface area contributed by atoms with Crippen molar-refractivity contribution >= 4 is 28.9 Å². The first-order chi connectivity index (χ1) is 8.00. The third-order valence-corrected chi connectivity index (χ3v) is 2.93. The maximum atomic E-state index is 12.2. The highest BCUT2D eigenvalue weighted by atomic mass is 32.1. The number of hydrogen-bond acceptors (Lipinski definition) is 2. The molecular formula is C13H14N2OS. The van der Waals surface area contributed by atoms with Gasteiger partial charge in [-0.3, -0.25) is 9.69 Å². The van der Waals surface area contributed by atoms with Crippen molar-refractivity contribution in [2.75, 3.05) is 4.90 Å². The lowest BCUT2D eigenvalue weighted by Gasteiger charge is -2.14. The molecule has 1 aliphatic rings. The number of amides is 1. The van der Waals surface area contributed by atoms with Gasteiger partial charge in [0.15, 0.2) is 5.11 Å². The predicted octanol–water partition coefficient (Wildman–Crippen LogP) is 2.51. The summed E-state index contributed by atoms with van der Waals surface area (Å²) in [5.41, 5.74) is 3.47. The highest BCUT2D eigenvalue weighted by Gasteiger charge is 2.32. The van der Waals surface area contributed by atoms with E-state index in [1.165, 1.54) is 4.90 Å². The smallest absolute Gasteiger partial charge is 0.281 e. The topological polar surface area (TPSA) is 32.3 Å². The van der Waals surface area contributed by atoms with Crippen molar-refractivity contribution in [2.45, 2.75) is 20.8 Å². The summed E-state index contributed by atoms with van der Waals surface area (Å²) in [4.78, 5) is 13.7. The van der Waals surface area contributed by atoms with Crippen LogP contribution in [0.15, 0.2) is 35.5 Å².